The second-order valence-electron chi connectivity index (χ2n) is 4.81. The molecule has 0 spiro atoms. The molecule has 1 unspecified atom stereocenters. The van der Waals surface area contributed by atoms with Crippen molar-refractivity contribution in [2.75, 3.05) is 18.6 Å². The summed E-state index contributed by atoms with van der Waals surface area (Å²) in [5.74, 6) is 1.01. The maximum absolute atomic E-state index is 12.1. The van der Waals surface area contributed by atoms with Crippen LogP contribution in [0.1, 0.15) is 25.3 Å². The van der Waals surface area contributed by atoms with Crippen molar-refractivity contribution in [2.45, 2.75) is 32.2 Å². The highest BCUT2D eigenvalue weighted by atomic mass is 16.5. The Kier molecular flexibility index (Phi) is 3.87. The molecule has 0 saturated heterocycles. The fourth-order valence-corrected chi connectivity index (χ4v) is 2.25. The molecule has 0 bridgehead atoms. The first-order valence-corrected chi connectivity index (χ1v) is 6.34. The van der Waals surface area contributed by atoms with E-state index in [4.69, 9.17) is 10.5 Å². The summed E-state index contributed by atoms with van der Waals surface area (Å²) in [7, 11) is 1.65. The quantitative estimate of drug-likeness (QED) is 0.882. The minimum absolute atomic E-state index is 0.0758. The summed E-state index contributed by atoms with van der Waals surface area (Å²) in [6, 6.07) is 5.95. The summed E-state index contributed by atoms with van der Waals surface area (Å²) in [4.78, 5) is 14.0. The number of hydrogen-bond acceptors (Lipinski definition) is 3. The fourth-order valence-electron chi connectivity index (χ4n) is 2.25. The highest BCUT2D eigenvalue weighted by molar-refractivity contribution is 5.95. The van der Waals surface area contributed by atoms with Gasteiger partial charge in [-0.05, 0) is 43.5 Å². The number of nitrogens with zero attached hydrogens (tertiary/aromatic N) is 1. The number of hydrogen-bond donors (Lipinski definition) is 1. The minimum Gasteiger partial charge on any atom is -0.497 e. The Hall–Kier alpha value is -1.55. The van der Waals surface area contributed by atoms with Gasteiger partial charge in [0.25, 0.3) is 0 Å². The molecule has 2 rings (SSSR count). The first-order valence-electron chi connectivity index (χ1n) is 6.34. The van der Waals surface area contributed by atoms with Crippen molar-refractivity contribution in [3.8, 4) is 5.75 Å². The van der Waals surface area contributed by atoms with Crippen molar-refractivity contribution in [1.29, 1.82) is 0 Å². The van der Waals surface area contributed by atoms with Crippen molar-refractivity contribution in [2.24, 2.45) is 5.73 Å². The summed E-state index contributed by atoms with van der Waals surface area (Å²) in [6.45, 7) is 2.69. The lowest BCUT2D eigenvalue weighted by molar-refractivity contribution is -0.118. The highest BCUT2D eigenvalue weighted by Crippen LogP contribution is 2.31. The maximum atomic E-state index is 12.1. The van der Waals surface area contributed by atoms with Gasteiger partial charge in [0.1, 0.15) is 5.75 Å². The third-order valence-corrected chi connectivity index (χ3v) is 3.30. The molecule has 4 nitrogen and oxygen atoms in total. The van der Waals surface area contributed by atoms with Gasteiger partial charge in [0.2, 0.25) is 5.91 Å². The van der Waals surface area contributed by atoms with Gasteiger partial charge >= 0.3 is 0 Å². The van der Waals surface area contributed by atoms with Crippen LogP contribution >= 0.6 is 0 Å². The molecule has 0 radical (unpaired) electrons. The Morgan fingerprint density at radius 3 is 3.00 bits per heavy atom. The van der Waals surface area contributed by atoms with E-state index in [1.165, 1.54) is 5.56 Å². The lowest BCUT2D eigenvalue weighted by atomic mass is 10.1. The second kappa shape index (κ2) is 5.40. The van der Waals surface area contributed by atoms with Crippen LogP contribution in [0, 0.1) is 0 Å². The standard InChI is InChI=1S/C14H20N2O2/c1-10(15)3-6-14(17)16-8-7-11-9-12(18-2)4-5-13(11)16/h4-5,9-10H,3,6-8,15H2,1-2H3. The van der Waals surface area contributed by atoms with Gasteiger partial charge in [-0.1, -0.05) is 0 Å². The predicted molar refractivity (Wildman–Crippen MR) is 71.9 cm³/mol. The number of nitrogens with two attached hydrogens (primary N) is 1. The van der Waals surface area contributed by atoms with Crippen LogP contribution in [0.5, 0.6) is 5.75 Å². The zero-order valence-corrected chi connectivity index (χ0v) is 11.0. The normalized spacial score (nSPS) is 15.4. The average Bonchev–Trinajstić information content (AvgIpc) is 2.78. The molecular formula is C14H20N2O2. The van der Waals surface area contributed by atoms with Crippen LogP contribution < -0.4 is 15.4 Å². The van der Waals surface area contributed by atoms with Crippen LogP contribution in [-0.4, -0.2) is 25.6 Å². The molecule has 0 saturated carbocycles. The van der Waals surface area contributed by atoms with Crippen molar-refractivity contribution in [3.63, 3.8) is 0 Å². The molecule has 18 heavy (non-hydrogen) atoms. The van der Waals surface area contributed by atoms with Gasteiger partial charge in [-0.25, -0.2) is 0 Å². The number of carbonyl (C=O) groups excluding carboxylic acids is 1. The largest absolute Gasteiger partial charge is 0.497 e. The molecule has 0 aromatic heterocycles. The van der Waals surface area contributed by atoms with Crippen LogP contribution in [0.3, 0.4) is 0 Å². The zero-order chi connectivity index (χ0) is 13.1. The highest BCUT2D eigenvalue weighted by Gasteiger charge is 2.24. The molecule has 4 heteroatoms. The molecule has 0 fully saturated rings. The molecule has 1 aromatic carbocycles. The van der Waals surface area contributed by atoms with E-state index in [-0.39, 0.29) is 11.9 Å². The van der Waals surface area contributed by atoms with E-state index >= 15 is 0 Å². The average molecular weight is 248 g/mol. The molecule has 1 aliphatic rings. The van der Waals surface area contributed by atoms with Gasteiger partial charge in [-0.2, -0.15) is 0 Å². The summed E-state index contributed by atoms with van der Waals surface area (Å²) in [5.41, 5.74) is 7.89. The number of benzene rings is 1. The van der Waals surface area contributed by atoms with E-state index in [2.05, 4.69) is 0 Å². The Morgan fingerprint density at radius 2 is 2.33 bits per heavy atom. The third-order valence-electron chi connectivity index (χ3n) is 3.30. The molecule has 2 N–H and O–H groups in total. The van der Waals surface area contributed by atoms with E-state index in [9.17, 15) is 4.79 Å². The molecule has 1 aliphatic heterocycles. The van der Waals surface area contributed by atoms with Gasteiger partial charge in [0.15, 0.2) is 0 Å². The first kappa shape index (κ1) is 12.9. The number of fused-ring (bicyclic) bond motifs is 1. The molecule has 1 aromatic rings. The van der Waals surface area contributed by atoms with E-state index < -0.39 is 0 Å². The van der Waals surface area contributed by atoms with Crippen LogP contribution in [0.25, 0.3) is 0 Å². The SMILES string of the molecule is COc1ccc2c(c1)CCN2C(=O)CCC(C)N. The maximum Gasteiger partial charge on any atom is 0.227 e. The molecular weight excluding hydrogens is 228 g/mol. The number of methoxy groups -OCH3 is 1. The van der Waals surface area contributed by atoms with Crippen LogP contribution in [-0.2, 0) is 11.2 Å². The molecule has 0 aliphatic carbocycles. The van der Waals surface area contributed by atoms with Crippen molar-refractivity contribution < 1.29 is 9.53 Å². The molecule has 1 amide bonds. The monoisotopic (exact) mass is 248 g/mol. The Morgan fingerprint density at radius 1 is 1.56 bits per heavy atom. The Bertz CT molecular complexity index is 443. The van der Waals surface area contributed by atoms with Gasteiger partial charge in [0, 0.05) is 24.7 Å². The summed E-state index contributed by atoms with van der Waals surface area (Å²) < 4.78 is 5.19. The van der Waals surface area contributed by atoms with Crippen molar-refractivity contribution >= 4 is 11.6 Å². The lowest BCUT2D eigenvalue weighted by Crippen LogP contribution is -2.30. The van der Waals surface area contributed by atoms with E-state index in [0.717, 1.165) is 30.8 Å². The van der Waals surface area contributed by atoms with Crippen molar-refractivity contribution in [1.82, 2.24) is 0 Å². The summed E-state index contributed by atoms with van der Waals surface area (Å²) >= 11 is 0. The predicted octanol–water partition coefficient (Wildman–Crippen LogP) is 1.71. The van der Waals surface area contributed by atoms with Crippen molar-refractivity contribution in [3.05, 3.63) is 23.8 Å². The minimum atomic E-state index is 0.0758. The smallest absolute Gasteiger partial charge is 0.227 e. The first-order chi connectivity index (χ1) is 8.61. The number of ether oxygens (including phenoxy) is 1. The van der Waals surface area contributed by atoms with Gasteiger partial charge in [-0.15, -0.1) is 0 Å². The second-order valence-corrected chi connectivity index (χ2v) is 4.81. The van der Waals surface area contributed by atoms with E-state index in [1.54, 1.807) is 7.11 Å². The van der Waals surface area contributed by atoms with Crippen LogP contribution in [0.4, 0.5) is 5.69 Å². The number of anilines is 1. The van der Waals surface area contributed by atoms with E-state index in [0.29, 0.717) is 6.42 Å². The molecule has 98 valence electrons. The topological polar surface area (TPSA) is 55.6 Å². The van der Waals surface area contributed by atoms with Gasteiger partial charge in [-0.3, -0.25) is 4.79 Å². The lowest BCUT2D eigenvalue weighted by Gasteiger charge is -2.18. The number of rotatable bonds is 4. The third kappa shape index (κ3) is 2.64. The van der Waals surface area contributed by atoms with E-state index in [1.807, 2.05) is 30.0 Å². The fraction of sp³-hybridized carbons (Fsp3) is 0.500. The summed E-state index contributed by atoms with van der Waals surface area (Å²) in [5, 5.41) is 0. The van der Waals surface area contributed by atoms with Crippen LogP contribution in [0.2, 0.25) is 0 Å². The number of carbonyl (C=O) groups is 1. The Balaban J connectivity index is 2.09. The van der Waals surface area contributed by atoms with Crippen LogP contribution in [0.15, 0.2) is 18.2 Å². The Labute approximate surface area is 108 Å². The number of amides is 1. The molecule has 1 heterocycles. The van der Waals surface area contributed by atoms with Gasteiger partial charge < -0.3 is 15.4 Å². The van der Waals surface area contributed by atoms with Gasteiger partial charge in [0.05, 0.1) is 7.11 Å². The molecule has 1 atom stereocenters. The zero-order valence-electron chi connectivity index (χ0n) is 11.0. The summed E-state index contributed by atoms with van der Waals surface area (Å²) in [6.07, 6.45) is 2.15.